The van der Waals surface area contributed by atoms with Gasteiger partial charge < -0.3 is 10.2 Å². The number of hydrogen-bond donors (Lipinski definition) is 1. The van der Waals surface area contributed by atoms with Gasteiger partial charge in [-0.1, -0.05) is 35.7 Å². The minimum Gasteiger partial charge on any atom is -0.340 e. The van der Waals surface area contributed by atoms with E-state index >= 15 is 0 Å². The highest BCUT2D eigenvalue weighted by Gasteiger charge is 2.26. The van der Waals surface area contributed by atoms with E-state index < -0.39 is 10.0 Å². The van der Waals surface area contributed by atoms with Gasteiger partial charge in [0.05, 0.1) is 4.90 Å². The topological polar surface area (TPSA) is 69.7 Å². The number of nitrogens with zero attached hydrogens (tertiary/aromatic N) is 2. The molecule has 1 amide bonds. The van der Waals surface area contributed by atoms with Crippen LogP contribution >= 0.6 is 15.9 Å². The quantitative estimate of drug-likeness (QED) is 0.592. The van der Waals surface area contributed by atoms with E-state index in [1.165, 1.54) is 4.31 Å². The Bertz CT molecular complexity index is 673. The third kappa shape index (κ3) is 6.04. The van der Waals surface area contributed by atoms with Crippen LogP contribution in [0.1, 0.15) is 32.6 Å². The number of amides is 1. The summed E-state index contributed by atoms with van der Waals surface area (Å²) >= 11 is 3.33. The van der Waals surface area contributed by atoms with Crippen LogP contribution in [0.4, 0.5) is 0 Å². The lowest BCUT2D eigenvalue weighted by Crippen LogP contribution is -2.47. The van der Waals surface area contributed by atoms with Crippen LogP contribution in [-0.4, -0.2) is 62.8 Å². The monoisotopic (exact) mass is 445 g/mol. The minimum absolute atomic E-state index is 0.0259. The number of unbranched alkanes of at least 4 members (excludes halogenated alkanes) is 2. The van der Waals surface area contributed by atoms with Gasteiger partial charge >= 0.3 is 0 Å². The van der Waals surface area contributed by atoms with Crippen molar-refractivity contribution in [3.8, 4) is 0 Å². The van der Waals surface area contributed by atoms with Crippen molar-refractivity contribution < 1.29 is 13.2 Å². The molecule has 1 aliphatic heterocycles. The van der Waals surface area contributed by atoms with Gasteiger partial charge in [-0.05, 0) is 30.7 Å². The van der Waals surface area contributed by atoms with Gasteiger partial charge in [0, 0.05) is 50.2 Å². The molecule has 0 aliphatic carbocycles. The number of halogens is 1. The van der Waals surface area contributed by atoms with Crippen molar-refractivity contribution in [3.63, 3.8) is 0 Å². The SMILES string of the molecule is CCCCCN(CCC(=O)N1CCNCC1)S(=O)(=O)c1ccc(Br)cc1. The van der Waals surface area contributed by atoms with Crippen LogP contribution in [0.25, 0.3) is 0 Å². The molecule has 1 fully saturated rings. The summed E-state index contributed by atoms with van der Waals surface area (Å²) in [6.45, 7) is 5.72. The molecule has 1 saturated heterocycles. The lowest BCUT2D eigenvalue weighted by atomic mass is 10.2. The van der Waals surface area contributed by atoms with Crippen LogP contribution < -0.4 is 5.32 Å². The van der Waals surface area contributed by atoms with Gasteiger partial charge in [0.2, 0.25) is 15.9 Å². The number of nitrogens with one attached hydrogen (secondary N) is 1. The Morgan fingerprint density at radius 2 is 1.81 bits per heavy atom. The van der Waals surface area contributed by atoms with Gasteiger partial charge in [0.25, 0.3) is 0 Å². The molecular formula is C18H28BrN3O3S. The van der Waals surface area contributed by atoms with Crippen molar-refractivity contribution in [2.24, 2.45) is 0 Å². The van der Waals surface area contributed by atoms with E-state index in [0.29, 0.717) is 19.6 Å². The average Bonchev–Trinajstić information content (AvgIpc) is 2.65. The molecule has 1 heterocycles. The molecule has 0 atom stereocenters. The Kier molecular flexibility index (Phi) is 8.53. The number of carbonyl (C=O) groups is 1. The lowest BCUT2D eigenvalue weighted by Gasteiger charge is -2.29. The van der Waals surface area contributed by atoms with Crippen molar-refractivity contribution in [3.05, 3.63) is 28.7 Å². The zero-order valence-electron chi connectivity index (χ0n) is 15.3. The molecule has 0 radical (unpaired) electrons. The molecule has 1 aliphatic rings. The van der Waals surface area contributed by atoms with Gasteiger partial charge in [0.1, 0.15) is 0 Å². The fraction of sp³-hybridized carbons (Fsp3) is 0.611. The molecule has 0 aromatic heterocycles. The van der Waals surface area contributed by atoms with E-state index in [9.17, 15) is 13.2 Å². The average molecular weight is 446 g/mol. The second-order valence-corrected chi connectivity index (χ2v) is 9.30. The van der Waals surface area contributed by atoms with Gasteiger partial charge in [-0.15, -0.1) is 0 Å². The van der Waals surface area contributed by atoms with Crippen LogP contribution in [0.5, 0.6) is 0 Å². The molecule has 2 rings (SSSR count). The summed E-state index contributed by atoms with van der Waals surface area (Å²) in [4.78, 5) is 14.5. The highest BCUT2D eigenvalue weighted by atomic mass is 79.9. The molecule has 0 saturated carbocycles. The number of benzene rings is 1. The van der Waals surface area contributed by atoms with Crippen molar-refractivity contribution in [1.29, 1.82) is 0 Å². The summed E-state index contributed by atoms with van der Waals surface area (Å²) in [6.07, 6.45) is 3.01. The predicted molar refractivity (Wildman–Crippen MR) is 106 cm³/mol. The Morgan fingerprint density at radius 3 is 2.42 bits per heavy atom. The van der Waals surface area contributed by atoms with Crippen LogP contribution in [0.3, 0.4) is 0 Å². The molecule has 26 heavy (non-hydrogen) atoms. The number of rotatable bonds is 9. The highest BCUT2D eigenvalue weighted by molar-refractivity contribution is 9.10. The summed E-state index contributed by atoms with van der Waals surface area (Å²) in [5.74, 6) is 0.0259. The van der Waals surface area contributed by atoms with Crippen molar-refractivity contribution in [2.45, 2.75) is 37.5 Å². The lowest BCUT2D eigenvalue weighted by molar-refractivity contribution is -0.131. The van der Waals surface area contributed by atoms with Crippen molar-refractivity contribution in [2.75, 3.05) is 39.3 Å². The maximum atomic E-state index is 13.0. The van der Waals surface area contributed by atoms with Crippen LogP contribution in [0, 0.1) is 0 Å². The fourth-order valence-electron chi connectivity index (χ4n) is 2.94. The Balaban J connectivity index is 2.06. The van der Waals surface area contributed by atoms with E-state index in [1.54, 1.807) is 24.3 Å². The van der Waals surface area contributed by atoms with Crippen LogP contribution in [-0.2, 0) is 14.8 Å². The standard InChI is InChI=1S/C18H28BrN3O3S/c1-2-3-4-12-22(13-9-18(23)21-14-10-20-11-15-21)26(24,25)17-7-5-16(19)6-8-17/h5-8,20H,2-4,9-15H2,1H3. The number of sulfonamides is 1. The summed E-state index contributed by atoms with van der Waals surface area (Å²) in [5.41, 5.74) is 0. The third-order valence-corrected chi connectivity index (χ3v) is 6.95. The molecule has 1 aromatic rings. The third-order valence-electron chi connectivity index (χ3n) is 4.51. The first-order valence-corrected chi connectivity index (χ1v) is 11.4. The van der Waals surface area contributed by atoms with E-state index in [-0.39, 0.29) is 23.8 Å². The first kappa shape index (κ1) is 21.3. The van der Waals surface area contributed by atoms with Gasteiger partial charge in [-0.2, -0.15) is 4.31 Å². The Labute approximate surface area is 165 Å². The summed E-state index contributed by atoms with van der Waals surface area (Å²) < 4.78 is 28.3. The highest BCUT2D eigenvalue weighted by Crippen LogP contribution is 2.20. The maximum absolute atomic E-state index is 13.0. The van der Waals surface area contributed by atoms with Crippen molar-refractivity contribution >= 4 is 31.9 Å². The molecule has 1 aromatic carbocycles. The predicted octanol–water partition coefficient (Wildman–Crippen LogP) is 2.45. The van der Waals surface area contributed by atoms with Crippen LogP contribution in [0.15, 0.2) is 33.6 Å². The number of hydrogen-bond acceptors (Lipinski definition) is 4. The Hall–Kier alpha value is -0.960. The first-order valence-electron chi connectivity index (χ1n) is 9.19. The van der Waals surface area contributed by atoms with Gasteiger partial charge in [-0.25, -0.2) is 8.42 Å². The summed E-state index contributed by atoms with van der Waals surface area (Å²) in [6, 6.07) is 6.65. The zero-order chi connectivity index (χ0) is 19.0. The normalized spacial score (nSPS) is 15.4. The molecule has 0 spiro atoms. The summed E-state index contributed by atoms with van der Waals surface area (Å²) in [5, 5.41) is 3.22. The van der Waals surface area contributed by atoms with Crippen molar-refractivity contribution in [1.82, 2.24) is 14.5 Å². The molecule has 146 valence electrons. The van der Waals surface area contributed by atoms with Gasteiger partial charge in [0.15, 0.2) is 0 Å². The number of piperazine rings is 1. The summed E-state index contributed by atoms with van der Waals surface area (Å²) in [7, 11) is -3.60. The molecule has 6 nitrogen and oxygen atoms in total. The molecule has 0 unspecified atom stereocenters. The van der Waals surface area contributed by atoms with Gasteiger partial charge in [-0.3, -0.25) is 4.79 Å². The van der Waals surface area contributed by atoms with E-state index in [0.717, 1.165) is 36.8 Å². The van der Waals surface area contributed by atoms with E-state index in [4.69, 9.17) is 0 Å². The largest absolute Gasteiger partial charge is 0.340 e. The first-order chi connectivity index (χ1) is 12.4. The molecule has 1 N–H and O–H groups in total. The number of carbonyl (C=O) groups excluding carboxylic acids is 1. The Morgan fingerprint density at radius 1 is 1.15 bits per heavy atom. The second kappa shape index (κ2) is 10.4. The van der Waals surface area contributed by atoms with E-state index in [1.807, 2.05) is 4.90 Å². The smallest absolute Gasteiger partial charge is 0.243 e. The fourth-order valence-corrected chi connectivity index (χ4v) is 4.68. The second-order valence-electron chi connectivity index (χ2n) is 6.45. The minimum atomic E-state index is -3.60. The maximum Gasteiger partial charge on any atom is 0.243 e. The zero-order valence-corrected chi connectivity index (χ0v) is 17.7. The molecular weight excluding hydrogens is 418 g/mol. The van der Waals surface area contributed by atoms with Crippen LogP contribution in [0.2, 0.25) is 0 Å². The molecule has 8 heteroatoms. The van der Waals surface area contributed by atoms with E-state index in [2.05, 4.69) is 28.2 Å². The molecule has 0 bridgehead atoms.